The quantitative estimate of drug-likeness (QED) is 0.620. The van der Waals surface area contributed by atoms with E-state index in [0.717, 1.165) is 11.5 Å². The van der Waals surface area contributed by atoms with Gasteiger partial charge in [0.1, 0.15) is 11.9 Å². The second-order valence-electron chi connectivity index (χ2n) is 3.70. The van der Waals surface area contributed by atoms with Crippen LogP contribution in [-0.2, 0) is 9.59 Å². The molecule has 0 aromatic carbocycles. The zero-order valence-electron chi connectivity index (χ0n) is 8.46. The molecule has 2 heterocycles. The number of hydrogen-bond acceptors (Lipinski definition) is 3. The molecular weight excluding hydrogens is 194 g/mol. The molecule has 2 amide bonds. The molecule has 1 fully saturated rings. The predicted molar refractivity (Wildman–Crippen MR) is 55.3 cm³/mol. The van der Waals surface area contributed by atoms with E-state index in [4.69, 9.17) is 0 Å². The van der Waals surface area contributed by atoms with Crippen molar-refractivity contribution in [3.63, 3.8) is 0 Å². The Bertz CT molecular complexity index is 397. The van der Waals surface area contributed by atoms with E-state index in [0.29, 0.717) is 12.8 Å². The summed E-state index contributed by atoms with van der Waals surface area (Å²) < 4.78 is 0. The Balaban J connectivity index is 2.00. The molecule has 0 bridgehead atoms. The Kier molecular flexibility index (Phi) is 2.45. The molecule has 0 aliphatic carbocycles. The van der Waals surface area contributed by atoms with E-state index in [1.807, 2.05) is 19.1 Å². The molecule has 15 heavy (non-hydrogen) atoms. The summed E-state index contributed by atoms with van der Waals surface area (Å²) in [5.41, 5.74) is 1.03. The number of aromatic amines is 1. The number of imide groups is 1. The third-order valence-corrected chi connectivity index (χ3v) is 2.40. The molecule has 3 N–H and O–H groups in total. The number of amides is 2. The molecule has 0 saturated carbocycles. The summed E-state index contributed by atoms with van der Waals surface area (Å²) in [5.74, 6) is 0.362. The smallest absolute Gasteiger partial charge is 0.249 e. The lowest BCUT2D eigenvalue weighted by atomic mass is 10.1. The van der Waals surface area contributed by atoms with Crippen molar-refractivity contribution in [3.05, 3.63) is 17.8 Å². The van der Waals surface area contributed by atoms with Gasteiger partial charge in [-0.3, -0.25) is 14.9 Å². The van der Waals surface area contributed by atoms with Crippen LogP contribution in [0.1, 0.15) is 18.5 Å². The van der Waals surface area contributed by atoms with Crippen LogP contribution in [0.25, 0.3) is 0 Å². The Labute approximate surface area is 87.2 Å². The van der Waals surface area contributed by atoms with Crippen LogP contribution in [0.2, 0.25) is 0 Å². The fraction of sp³-hybridized carbons (Fsp3) is 0.400. The van der Waals surface area contributed by atoms with Gasteiger partial charge in [-0.25, -0.2) is 0 Å². The summed E-state index contributed by atoms with van der Waals surface area (Å²) in [6.45, 7) is 1.94. The first kappa shape index (κ1) is 9.76. The molecule has 2 rings (SSSR count). The first-order valence-corrected chi connectivity index (χ1v) is 4.91. The van der Waals surface area contributed by atoms with Gasteiger partial charge in [-0.2, -0.15) is 0 Å². The van der Waals surface area contributed by atoms with Crippen LogP contribution in [0.3, 0.4) is 0 Å². The largest absolute Gasteiger partial charge is 0.360 e. The van der Waals surface area contributed by atoms with Gasteiger partial charge in [0.2, 0.25) is 11.8 Å². The molecule has 0 spiro atoms. The van der Waals surface area contributed by atoms with Gasteiger partial charge in [0.15, 0.2) is 0 Å². The molecule has 5 heteroatoms. The topological polar surface area (TPSA) is 74.0 Å². The number of nitrogens with one attached hydrogen (secondary N) is 3. The highest BCUT2D eigenvalue weighted by Crippen LogP contribution is 2.12. The van der Waals surface area contributed by atoms with E-state index in [1.54, 1.807) is 0 Å². The maximum Gasteiger partial charge on any atom is 0.249 e. The summed E-state index contributed by atoms with van der Waals surface area (Å²) >= 11 is 0. The minimum absolute atomic E-state index is 0.194. The molecule has 1 aromatic heterocycles. The summed E-state index contributed by atoms with van der Waals surface area (Å²) in [6.07, 6.45) is 0.936. The van der Waals surface area contributed by atoms with Crippen molar-refractivity contribution in [3.8, 4) is 0 Å². The average Bonchev–Trinajstić information content (AvgIpc) is 2.56. The van der Waals surface area contributed by atoms with Crippen molar-refractivity contribution in [1.29, 1.82) is 0 Å². The van der Waals surface area contributed by atoms with Crippen molar-refractivity contribution < 1.29 is 9.59 Å². The monoisotopic (exact) mass is 207 g/mol. The molecular formula is C10H13N3O2. The molecule has 0 radical (unpaired) electrons. The second-order valence-corrected chi connectivity index (χ2v) is 3.70. The van der Waals surface area contributed by atoms with Gasteiger partial charge in [-0.15, -0.1) is 0 Å². The number of piperidine rings is 1. The lowest BCUT2D eigenvalue weighted by Crippen LogP contribution is -2.47. The Hall–Kier alpha value is -1.78. The number of H-pyrrole nitrogens is 1. The number of carbonyl (C=O) groups is 2. The first-order chi connectivity index (χ1) is 7.15. The van der Waals surface area contributed by atoms with Crippen molar-refractivity contribution in [2.45, 2.75) is 25.8 Å². The van der Waals surface area contributed by atoms with Crippen LogP contribution in [0.5, 0.6) is 0 Å². The molecule has 5 nitrogen and oxygen atoms in total. The van der Waals surface area contributed by atoms with Crippen LogP contribution < -0.4 is 10.6 Å². The van der Waals surface area contributed by atoms with E-state index in [1.165, 1.54) is 0 Å². The standard InChI is InChI=1S/C10H13N3O2/c1-6-2-4-8(11-6)12-7-3-5-9(14)13-10(7)15/h2,4,7,11-12H,3,5H2,1H3,(H,13,14,15). The first-order valence-electron chi connectivity index (χ1n) is 4.91. The fourth-order valence-electron chi connectivity index (χ4n) is 1.61. The Morgan fingerprint density at radius 3 is 2.80 bits per heavy atom. The third-order valence-electron chi connectivity index (χ3n) is 2.40. The molecule has 1 atom stereocenters. The summed E-state index contributed by atoms with van der Waals surface area (Å²) in [7, 11) is 0. The summed E-state index contributed by atoms with van der Waals surface area (Å²) in [4.78, 5) is 25.4. The summed E-state index contributed by atoms with van der Waals surface area (Å²) in [5, 5.41) is 5.35. The normalized spacial score (nSPS) is 21.3. The molecule has 1 saturated heterocycles. The lowest BCUT2D eigenvalue weighted by Gasteiger charge is -2.21. The number of aromatic nitrogens is 1. The van der Waals surface area contributed by atoms with Crippen molar-refractivity contribution in [1.82, 2.24) is 10.3 Å². The Morgan fingerprint density at radius 2 is 2.20 bits per heavy atom. The minimum Gasteiger partial charge on any atom is -0.360 e. The van der Waals surface area contributed by atoms with Crippen LogP contribution in [0, 0.1) is 6.92 Å². The van der Waals surface area contributed by atoms with Gasteiger partial charge >= 0.3 is 0 Å². The van der Waals surface area contributed by atoms with Crippen molar-refractivity contribution in [2.24, 2.45) is 0 Å². The molecule has 1 aromatic rings. The molecule has 80 valence electrons. The highest BCUT2D eigenvalue weighted by Gasteiger charge is 2.26. The van der Waals surface area contributed by atoms with Crippen LogP contribution in [0.15, 0.2) is 12.1 Å². The lowest BCUT2D eigenvalue weighted by molar-refractivity contribution is -0.133. The van der Waals surface area contributed by atoms with E-state index in [-0.39, 0.29) is 17.9 Å². The van der Waals surface area contributed by atoms with E-state index >= 15 is 0 Å². The van der Waals surface area contributed by atoms with Crippen LogP contribution in [-0.4, -0.2) is 22.8 Å². The molecule has 1 unspecified atom stereocenters. The fourth-order valence-corrected chi connectivity index (χ4v) is 1.61. The SMILES string of the molecule is Cc1ccc(NC2CCC(=O)NC2=O)[nH]1. The second kappa shape index (κ2) is 3.76. The zero-order valence-corrected chi connectivity index (χ0v) is 8.46. The van der Waals surface area contributed by atoms with Crippen molar-refractivity contribution >= 4 is 17.6 Å². The number of aryl methyl sites for hydroxylation is 1. The van der Waals surface area contributed by atoms with E-state index in [2.05, 4.69) is 15.6 Å². The maximum absolute atomic E-state index is 11.4. The van der Waals surface area contributed by atoms with E-state index in [9.17, 15) is 9.59 Å². The van der Waals surface area contributed by atoms with Gasteiger partial charge in [0.05, 0.1) is 0 Å². The van der Waals surface area contributed by atoms with Gasteiger partial charge in [-0.1, -0.05) is 0 Å². The molecule has 1 aliphatic heterocycles. The van der Waals surface area contributed by atoms with Crippen LogP contribution in [0.4, 0.5) is 5.82 Å². The minimum atomic E-state index is -0.319. The maximum atomic E-state index is 11.4. The van der Waals surface area contributed by atoms with Crippen LogP contribution >= 0.6 is 0 Å². The Morgan fingerprint density at radius 1 is 1.40 bits per heavy atom. The highest BCUT2D eigenvalue weighted by atomic mass is 16.2. The van der Waals surface area contributed by atoms with Gasteiger partial charge < -0.3 is 10.3 Å². The predicted octanol–water partition coefficient (Wildman–Crippen LogP) is 0.540. The highest BCUT2D eigenvalue weighted by molar-refractivity contribution is 6.01. The zero-order chi connectivity index (χ0) is 10.8. The number of carbonyl (C=O) groups excluding carboxylic acids is 2. The van der Waals surface area contributed by atoms with Crippen molar-refractivity contribution in [2.75, 3.05) is 5.32 Å². The number of hydrogen-bond donors (Lipinski definition) is 3. The van der Waals surface area contributed by atoms with Gasteiger partial charge in [-0.05, 0) is 25.5 Å². The number of rotatable bonds is 2. The molecule has 1 aliphatic rings. The average molecular weight is 207 g/mol. The number of anilines is 1. The third kappa shape index (κ3) is 2.18. The van der Waals surface area contributed by atoms with E-state index < -0.39 is 0 Å². The van der Waals surface area contributed by atoms with Gasteiger partial charge in [0, 0.05) is 12.1 Å². The van der Waals surface area contributed by atoms with Gasteiger partial charge in [0.25, 0.3) is 0 Å². The summed E-state index contributed by atoms with van der Waals surface area (Å²) in [6, 6.07) is 3.48.